The van der Waals surface area contributed by atoms with Crippen LogP contribution in [0.3, 0.4) is 0 Å². The Labute approximate surface area is 93.0 Å². The minimum Gasteiger partial charge on any atom is -0.462 e. The van der Waals surface area contributed by atoms with E-state index in [1.807, 2.05) is 12.1 Å². The van der Waals surface area contributed by atoms with Gasteiger partial charge in [0.05, 0.1) is 13.2 Å². The molecular weight excluding hydrogens is 206 g/mol. The molecule has 84 valence electrons. The maximum absolute atomic E-state index is 11.6. The predicted octanol–water partition coefficient (Wildman–Crippen LogP) is 2.07. The number of benzene rings is 1. The molecule has 0 bridgehead atoms. The van der Waals surface area contributed by atoms with Gasteiger partial charge in [0.15, 0.2) is 0 Å². The zero-order valence-corrected chi connectivity index (χ0v) is 9.03. The van der Waals surface area contributed by atoms with Crippen LogP contribution in [-0.2, 0) is 11.3 Å². The first kappa shape index (κ1) is 10.7. The lowest BCUT2D eigenvalue weighted by Gasteiger charge is -2.01. The van der Waals surface area contributed by atoms with Crippen molar-refractivity contribution in [2.75, 3.05) is 6.61 Å². The molecule has 0 aliphatic carbocycles. The number of furan rings is 1. The molecule has 0 saturated carbocycles. The number of esters is 1. The molecule has 1 aromatic carbocycles. The third-order valence-corrected chi connectivity index (χ3v) is 2.29. The maximum atomic E-state index is 11.6. The third kappa shape index (κ3) is 1.79. The quantitative estimate of drug-likeness (QED) is 0.802. The van der Waals surface area contributed by atoms with Crippen molar-refractivity contribution >= 4 is 16.9 Å². The molecule has 0 amide bonds. The Kier molecular flexibility index (Phi) is 2.92. The zero-order valence-electron chi connectivity index (χ0n) is 9.03. The second-order valence-electron chi connectivity index (χ2n) is 3.36. The van der Waals surface area contributed by atoms with Gasteiger partial charge in [-0.15, -0.1) is 0 Å². The lowest BCUT2D eigenvalue weighted by atomic mass is 10.1. The Morgan fingerprint density at radius 3 is 3.00 bits per heavy atom. The van der Waals surface area contributed by atoms with Crippen molar-refractivity contribution in [2.24, 2.45) is 5.73 Å². The van der Waals surface area contributed by atoms with Crippen LogP contribution in [0.5, 0.6) is 0 Å². The average molecular weight is 219 g/mol. The molecule has 0 aliphatic rings. The van der Waals surface area contributed by atoms with E-state index in [9.17, 15) is 4.79 Å². The second-order valence-corrected chi connectivity index (χ2v) is 3.36. The SMILES string of the molecule is CCOC(=O)c1cccc2cc(CN)oc12. The number of hydrogen-bond acceptors (Lipinski definition) is 4. The lowest BCUT2D eigenvalue weighted by molar-refractivity contribution is 0.0527. The van der Waals surface area contributed by atoms with Gasteiger partial charge in [0, 0.05) is 5.39 Å². The van der Waals surface area contributed by atoms with Crippen LogP contribution >= 0.6 is 0 Å². The Morgan fingerprint density at radius 2 is 2.31 bits per heavy atom. The van der Waals surface area contributed by atoms with Crippen molar-refractivity contribution in [3.05, 3.63) is 35.6 Å². The highest BCUT2D eigenvalue weighted by molar-refractivity contribution is 6.02. The van der Waals surface area contributed by atoms with Crippen LogP contribution in [0.1, 0.15) is 23.0 Å². The van der Waals surface area contributed by atoms with Gasteiger partial charge in [0.1, 0.15) is 16.9 Å². The van der Waals surface area contributed by atoms with Crippen molar-refractivity contribution in [2.45, 2.75) is 13.5 Å². The van der Waals surface area contributed by atoms with Gasteiger partial charge in [-0.2, -0.15) is 0 Å². The molecule has 16 heavy (non-hydrogen) atoms. The van der Waals surface area contributed by atoms with Crippen molar-refractivity contribution in [3.8, 4) is 0 Å². The summed E-state index contributed by atoms with van der Waals surface area (Å²) < 4.78 is 10.4. The summed E-state index contributed by atoms with van der Waals surface area (Å²) in [5.41, 5.74) is 6.48. The summed E-state index contributed by atoms with van der Waals surface area (Å²) in [6.07, 6.45) is 0. The van der Waals surface area contributed by atoms with Crippen LogP contribution in [0.15, 0.2) is 28.7 Å². The average Bonchev–Trinajstić information content (AvgIpc) is 2.71. The van der Waals surface area contributed by atoms with E-state index in [0.717, 1.165) is 5.39 Å². The fraction of sp³-hybridized carbons (Fsp3) is 0.250. The molecule has 0 saturated heterocycles. The van der Waals surface area contributed by atoms with Gasteiger partial charge >= 0.3 is 5.97 Å². The summed E-state index contributed by atoms with van der Waals surface area (Å²) in [6, 6.07) is 7.19. The Bertz CT molecular complexity index is 516. The van der Waals surface area contributed by atoms with E-state index >= 15 is 0 Å². The largest absolute Gasteiger partial charge is 0.462 e. The van der Waals surface area contributed by atoms with E-state index in [4.69, 9.17) is 14.9 Å². The first-order valence-electron chi connectivity index (χ1n) is 5.15. The van der Waals surface area contributed by atoms with Crippen molar-refractivity contribution in [1.82, 2.24) is 0 Å². The molecule has 4 heteroatoms. The maximum Gasteiger partial charge on any atom is 0.341 e. The number of carbonyl (C=O) groups is 1. The van der Waals surface area contributed by atoms with Gasteiger partial charge in [-0.3, -0.25) is 0 Å². The minimum absolute atomic E-state index is 0.316. The summed E-state index contributed by atoms with van der Waals surface area (Å²) in [6.45, 7) is 2.43. The molecule has 2 aromatic rings. The van der Waals surface area contributed by atoms with Crippen molar-refractivity contribution in [3.63, 3.8) is 0 Å². The van der Waals surface area contributed by atoms with Gasteiger partial charge in [0.2, 0.25) is 0 Å². The number of ether oxygens (including phenoxy) is 1. The van der Waals surface area contributed by atoms with Gasteiger partial charge < -0.3 is 14.9 Å². The molecule has 1 aromatic heterocycles. The third-order valence-electron chi connectivity index (χ3n) is 2.29. The summed E-state index contributed by atoms with van der Waals surface area (Å²) in [7, 11) is 0. The van der Waals surface area contributed by atoms with E-state index in [2.05, 4.69) is 0 Å². The van der Waals surface area contributed by atoms with Crippen LogP contribution in [0.25, 0.3) is 11.0 Å². The Balaban J connectivity index is 2.52. The number of fused-ring (bicyclic) bond motifs is 1. The molecule has 0 aliphatic heterocycles. The summed E-state index contributed by atoms with van der Waals surface area (Å²) >= 11 is 0. The predicted molar refractivity (Wildman–Crippen MR) is 60.1 cm³/mol. The number of rotatable bonds is 3. The van der Waals surface area contributed by atoms with Crippen LogP contribution in [0.4, 0.5) is 0 Å². The van der Waals surface area contributed by atoms with E-state index in [1.165, 1.54) is 0 Å². The van der Waals surface area contributed by atoms with Crippen molar-refractivity contribution in [1.29, 1.82) is 0 Å². The van der Waals surface area contributed by atoms with Crippen LogP contribution in [0, 0.1) is 0 Å². The summed E-state index contributed by atoms with van der Waals surface area (Å²) in [4.78, 5) is 11.6. The normalized spacial score (nSPS) is 10.6. The molecule has 4 nitrogen and oxygen atoms in total. The monoisotopic (exact) mass is 219 g/mol. The first-order chi connectivity index (χ1) is 7.76. The van der Waals surface area contributed by atoms with E-state index in [1.54, 1.807) is 19.1 Å². The topological polar surface area (TPSA) is 65.5 Å². The highest BCUT2D eigenvalue weighted by Crippen LogP contribution is 2.23. The molecule has 0 fully saturated rings. The molecule has 2 N–H and O–H groups in total. The second kappa shape index (κ2) is 4.37. The molecule has 0 atom stereocenters. The Hall–Kier alpha value is -1.81. The van der Waals surface area contributed by atoms with Crippen LogP contribution in [0.2, 0.25) is 0 Å². The molecule has 1 heterocycles. The molecule has 2 rings (SSSR count). The van der Waals surface area contributed by atoms with Crippen LogP contribution in [-0.4, -0.2) is 12.6 Å². The van der Waals surface area contributed by atoms with Gasteiger partial charge in [0.25, 0.3) is 0 Å². The highest BCUT2D eigenvalue weighted by atomic mass is 16.5. The fourth-order valence-corrected chi connectivity index (χ4v) is 1.59. The highest BCUT2D eigenvalue weighted by Gasteiger charge is 2.14. The minimum atomic E-state index is -0.369. The van der Waals surface area contributed by atoms with E-state index in [-0.39, 0.29) is 5.97 Å². The summed E-state index contributed by atoms with van der Waals surface area (Å²) in [5, 5.41) is 0.867. The van der Waals surface area contributed by atoms with Crippen LogP contribution < -0.4 is 5.73 Å². The number of hydrogen-bond donors (Lipinski definition) is 1. The smallest absolute Gasteiger partial charge is 0.341 e. The number of carbonyl (C=O) groups excluding carboxylic acids is 1. The molecule has 0 radical (unpaired) electrons. The lowest BCUT2D eigenvalue weighted by Crippen LogP contribution is -2.04. The Morgan fingerprint density at radius 1 is 1.50 bits per heavy atom. The number of nitrogens with two attached hydrogens (primary N) is 1. The first-order valence-corrected chi connectivity index (χ1v) is 5.15. The summed E-state index contributed by atoms with van der Waals surface area (Å²) in [5.74, 6) is 0.290. The van der Waals surface area contributed by atoms with Gasteiger partial charge in [-0.05, 0) is 19.1 Å². The molecule has 0 unspecified atom stereocenters. The van der Waals surface area contributed by atoms with Gasteiger partial charge in [-0.25, -0.2) is 4.79 Å². The molecular formula is C12H13NO3. The number of para-hydroxylation sites is 1. The van der Waals surface area contributed by atoms with Crippen molar-refractivity contribution < 1.29 is 13.9 Å². The standard InChI is InChI=1S/C12H13NO3/c1-2-15-12(14)10-5-3-4-8-6-9(7-13)16-11(8)10/h3-6H,2,7,13H2,1H3. The van der Waals surface area contributed by atoms with E-state index < -0.39 is 0 Å². The molecule has 0 spiro atoms. The van der Waals surface area contributed by atoms with E-state index in [0.29, 0.717) is 30.1 Å². The fourth-order valence-electron chi connectivity index (χ4n) is 1.59. The van der Waals surface area contributed by atoms with Gasteiger partial charge in [-0.1, -0.05) is 12.1 Å². The zero-order chi connectivity index (χ0) is 11.5.